The fraction of sp³-hybridized carbons (Fsp3) is 0.154. The molecule has 0 bridgehead atoms. The summed E-state index contributed by atoms with van der Waals surface area (Å²) in [4.78, 5) is 27.6. The van der Waals surface area contributed by atoms with E-state index in [0.717, 1.165) is 10.2 Å². The average Bonchev–Trinajstić information content (AvgIpc) is 2.34. The first-order valence-corrected chi connectivity index (χ1v) is 6.43. The Balaban J connectivity index is 2.09. The van der Waals surface area contributed by atoms with Gasteiger partial charge in [0.1, 0.15) is 12.4 Å². The van der Waals surface area contributed by atoms with E-state index in [1.807, 2.05) is 19.1 Å². The highest BCUT2D eigenvalue weighted by atomic mass is 79.9. The van der Waals surface area contributed by atoms with Crippen LogP contribution in [0.3, 0.4) is 0 Å². The van der Waals surface area contributed by atoms with E-state index in [9.17, 15) is 9.59 Å². The third kappa shape index (κ3) is 3.75. The molecule has 0 spiro atoms. The number of aryl methyl sites for hydroxylation is 1. The molecule has 0 atom stereocenters. The maximum Gasteiger partial charge on any atom is 0.251 e. The van der Waals surface area contributed by atoms with Crippen LogP contribution in [0.4, 0.5) is 5.82 Å². The first-order chi connectivity index (χ1) is 9.04. The van der Waals surface area contributed by atoms with Gasteiger partial charge in [-0.2, -0.15) is 0 Å². The molecule has 6 heteroatoms. The Labute approximate surface area is 118 Å². The van der Waals surface area contributed by atoms with Crippen molar-refractivity contribution in [1.29, 1.82) is 0 Å². The van der Waals surface area contributed by atoms with Gasteiger partial charge in [0.25, 0.3) is 5.56 Å². The predicted molar refractivity (Wildman–Crippen MR) is 76.0 cm³/mol. The monoisotopic (exact) mass is 321 g/mol. The molecule has 0 radical (unpaired) electrons. The number of anilines is 1. The van der Waals surface area contributed by atoms with Gasteiger partial charge < -0.3 is 9.88 Å². The Bertz CT molecular complexity index is 667. The van der Waals surface area contributed by atoms with Crippen molar-refractivity contribution < 1.29 is 4.79 Å². The summed E-state index contributed by atoms with van der Waals surface area (Å²) in [6.07, 6.45) is 1.57. The molecule has 0 unspecified atom stereocenters. The second-order valence-corrected chi connectivity index (χ2v) is 4.94. The first-order valence-electron chi connectivity index (χ1n) is 5.64. The topological polar surface area (TPSA) is 64.0 Å². The van der Waals surface area contributed by atoms with E-state index in [4.69, 9.17) is 0 Å². The molecule has 0 aliphatic heterocycles. The highest BCUT2D eigenvalue weighted by Crippen LogP contribution is 2.06. The Morgan fingerprint density at radius 3 is 2.89 bits per heavy atom. The predicted octanol–water partition coefficient (Wildman–Crippen LogP) is 1.95. The number of amides is 1. The lowest BCUT2D eigenvalue weighted by Gasteiger charge is -2.07. The molecule has 19 heavy (non-hydrogen) atoms. The van der Waals surface area contributed by atoms with Crippen molar-refractivity contribution in [1.82, 2.24) is 9.55 Å². The Hall–Kier alpha value is -1.95. The molecule has 2 aromatic rings. The summed E-state index contributed by atoms with van der Waals surface area (Å²) in [7, 11) is 0. The van der Waals surface area contributed by atoms with Crippen LogP contribution in [0.2, 0.25) is 0 Å². The number of carbonyl (C=O) groups is 1. The summed E-state index contributed by atoms with van der Waals surface area (Å²) in [6.45, 7) is 1.79. The van der Waals surface area contributed by atoms with Crippen molar-refractivity contribution in [3.05, 3.63) is 57.0 Å². The van der Waals surface area contributed by atoms with Crippen molar-refractivity contribution in [2.24, 2.45) is 0 Å². The molecule has 0 saturated carbocycles. The molecule has 0 saturated heterocycles. The van der Waals surface area contributed by atoms with Gasteiger partial charge in [-0.15, -0.1) is 0 Å². The Morgan fingerprint density at radius 1 is 1.37 bits per heavy atom. The van der Waals surface area contributed by atoms with E-state index in [1.165, 1.54) is 10.6 Å². The van der Waals surface area contributed by atoms with Crippen LogP contribution in [0.15, 0.2) is 45.8 Å². The minimum Gasteiger partial charge on any atom is -0.309 e. The molecule has 2 rings (SSSR count). The molecule has 0 aliphatic rings. The second-order valence-electron chi connectivity index (χ2n) is 4.03. The number of nitrogens with zero attached hydrogens (tertiary/aromatic N) is 2. The number of hydrogen-bond donors (Lipinski definition) is 1. The van der Waals surface area contributed by atoms with Crippen molar-refractivity contribution in [3.63, 3.8) is 0 Å². The number of halogens is 1. The lowest BCUT2D eigenvalue weighted by molar-refractivity contribution is -0.116. The fourth-order valence-electron chi connectivity index (χ4n) is 1.58. The minimum atomic E-state index is -0.293. The molecule has 0 aromatic carbocycles. The van der Waals surface area contributed by atoms with Gasteiger partial charge in [0, 0.05) is 22.4 Å². The van der Waals surface area contributed by atoms with Crippen LogP contribution < -0.4 is 10.9 Å². The third-order valence-electron chi connectivity index (χ3n) is 2.42. The van der Waals surface area contributed by atoms with E-state index in [1.54, 1.807) is 18.3 Å². The highest BCUT2D eigenvalue weighted by Gasteiger charge is 2.06. The first kappa shape index (κ1) is 13.5. The van der Waals surface area contributed by atoms with E-state index in [0.29, 0.717) is 5.82 Å². The van der Waals surface area contributed by atoms with Gasteiger partial charge in [-0.1, -0.05) is 6.07 Å². The van der Waals surface area contributed by atoms with E-state index < -0.39 is 0 Å². The minimum absolute atomic E-state index is 0.0477. The zero-order valence-electron chi connectivity index (χ0n) is 10.3. The van der Waals surface area contributed by atoms with Crippen molar-refractivity contribution in [2.75, 3.05) is 5.32 Å². The molecule has 5 nitrogen and oxygen atoms in total. The number of carbonyl (C=O) groups excluding carboxylic acids is 1. The zero-order chi connectivity index (χ0) is 13.8. The molecule has 0 aliphatic carbocycles. The second kappa shape index (κ2) is 5.79. The quantitative estimate of drug-likeness (QED) is 0.939. The summed E-state index contributed by atoms with van der Waals surface area (Å²) in [5.41, 5.74) is 0.591. The van der Waals surface area contributed by atoms with Gasteiger partial charge in [0.2, 0.25) is 5.91 Å². The van der Waals surface area contributed by atoms with Crippen molar-refractivity contribution in [3.8, 4) is 0 Å². The number of rotatable bonds is 3. The number of nitrogens with one attached hydrogen (secondary N) is 1. The van der Waals surface area contributed by atoms with E-state index in [2.05, 4.69) is 26.2 Å². The zero-order valence-corrected chi connectivity index (χ0v) is 11.8. The summed E-state index contributed by atoms with van der Waals surface area (Å²) in [5.74, 6) is 0.186. The highest BCUT2D eigenvalue weighted by molar-refractivity contribution is 9.10. The van der Waals surface area contributed by atoms with Gasteiger partial charge in [-0.05, 0) is 41.1 Å². The smallest absolute Gasteiger partial charge is 0.251 e. The summed E-state index contributed by atoms with van der Waals surface area (Å²) < 4.78 is 2.07. The van der Waals surface area contributed by atoms with E-state index >= 15 is 0 Å². The molecular formula is C13H12BrN3O2. The maximum atomic E-state index is 11.8. The summed E-state index contributed by atoms with van der Waals surface area (Å²) >= 11 is 3.26. The van der Waals surface area contributed by atoms with Crippen LogP contribution in [-0.2, 0) is 11.3 Å². The van der Waals surface area contributed by atoms with Gasteiger partial charge in [0.05, 0.1) is 0 Å². The van der Waals surface area contributed by atoms with Gasteiger partial charge >= 0.3 is 0 Å². The van der Waals surface area contributed by atoms with Gasteiger partial charge in [-0.3, -0.25) is 9.59 Å². The lowest BCUT2D eigenvalue weighted by atomic mass is 10.3. The van der Waals surface area contributed by atoms with Crippen LogP contribution >= 0.6 is 15.9 Å². The van der Waals surface area contributed by atoms with Crippen LogP contribution in [0.25, 0.3) is 0 Å². The van der Waals surface area contributed by atoms with Crippen LogP contribution in [0, 0.1) is 6.92 Å². The number of aromatic nitrogens is 2. The van der Waals surface area contributed by atoms with Crippen molar-refractivity contribution >= 4 is 27.7 Å². The third-order valence-corrected chi connectivity index (χ3v) is 2.89. The maximum absolute atomic E-state index is 11.8. The fourth-order valence-corrected chi connectivity index (χ4v) is 1.95. The lowest BCUT2D eigenvalue weighted by Crippen LogP contribution is -2.27. The van der Waals surface area contributed by atoms with Crippen LogP contribution in [0.1, 0.15) is 5.69 Å². The largest absolute Gasteiger partial charge is 0.309 e. The molecule has 1 amide bonds. The normalized spacial score (nSPS) is 10.2. The SMILES string of the molecule is Cc1cccc(NC(=O)Cn2cc(Br)ccc2=O)n1. The summed E-state index contributed by atoms with van der Waals surface area (Å²) in [6, 6.07) is 8.40. The standard InChI is InChI=1S/C13H12BrN3O2/c1-9-3-2-4-11(15-9)16-12(18)8-17-7-10(14)5-6-13(17)19/h2-7H,8H2,1H3,(H,15,16,18). The molecular weight excluding hydrogens is 310 g/mol. The molecule has 1 N–H and O–H groups in total. The van der Waals surface area contributed by atoms with Crippen molar-refractivity contribution in [2.45, 2.75) is 13.5 Å². The number of pyridine rings is 2. The Kier molecular flexibility index (Phi) is 4.11. The molecule has 2 heterocycles. The molecule has 2 aromatic heterocycles. The number of hydrogen-bond acceptors (Lipinski definition) is 3. The molecule has 98 valence electrons. The Morgan fingerprint density at radius 2 is 2.16 bits per heavy atom. The van der Waals surface area contributed by atoms with Crippen LogP contribution in [0.5, 0.6) is 0 Å². The van der Waals surface area contributed by atoms with Gasteiger partial charge in [0.15, 0.2) is 0 Å². The van der Waals surface area contributed by atoms with Crippen LogP contribution in [-0.4, -0.2) is 15.5 Å². The average molecular weight is 322 g/mol. The molecule has 0 fully saturated rings. The summed E-state index contributed by atoms with van der Waals surface area (Å²) in [5, 5.41) is 2.65. The van der Waals surface area contributed by atoms with E-state index in [-0.39, 0.29) is 18.0 Å². The van der Waals surface area contributed by atoms with Gasteiger partial charge in [-0.25, -0.2) is 4.98 Å².